The van der Waals surface area contributed by atoms with Crippen LogP contribution in [0.5, 0.6) is 6.01 Å². The van der Waals surface area contributed by atoms with Gasteiger partial charge < -0.3 is 24.8 Å². The number of fused-ring (bicyclic) bond motifs is 2. The van der Waals surface area contributed by atoms with Crippen LogP contribution in [0.15, 0.2) is 60.7 Å². The SMILES string of the molecule is C=C(F)C(=O)N1CCN(c2nc(OC[C@@H]3CCCN3)nc3c2CCN(c2cccc4cccc(Cl)c24)C3)C=C1CC#N. The number of carbonyl (C=O) groups excluding carboxylic acids is 1. The van der Waals surface area contributed by atoms with Crippen LogP contribution < -0.4 is 19.9 Å². The molecule has 0 saturated carbocycles. The highest BCUT2D eigenvalue weighted by atomic mass is 35.5. The van der Waals surface area contributed by atoms with E-state index in [0.717, 1.165) is 53.6 Å². The summed E-state index contributed by atoms with van der Waals surface area (Å²) in [7, 11) is 0. The van der Waals surface area contributed by atoms with Crippen molar-refractivity contribution in [3.63, 3.8) is 0 Å². The number of rotatable bonds is 7. The van der Waals surface area contributed by atoms with E-state index in [9.17, 15) is 14.4 Å². The molecule has 42 heavy (non-hydrogen) atoms. The predicted molar refractivity (Wildman–Crippen MR) is 160 cm³/mol. The first-order valence-corrected chi connectivity index (χ1v) is 14.5. The van der Waals surface area contributed by atoms with Gasteiger partial charge in [-0.3, -0.25) is 4.79 Å². The van der Waals surface area contributed by atoms with Crippen LogP contribution in [0, 0.1) is 11.3 Å². The van der Waals surface area contributed by atoms with Gasteiger partial charge in [-0.05, 0) is 43.3 Å². The predicted octanol–water partition coefficient (Wildman–Crippen LogP) is 4.86. The molecular weight excluding hydrogens is 557 g/mol. The highest BCUT2D eigenvalue weighted by Crippen LogP contribution is 2.37. The van der Waals surface area contributed by atoms with Crippen molar-refractivity contribution < 1.29 is 13.9 Å². The molecule has 0 spiro atoms. The van der Waals surface area contributed by atoms with Crippen LogP contribution in [0.1, 0.15) is 30.5 Å². The van der Waals surface area contributed by atoms with Crippen LogP contribution in [0.3, 0.4) is 0 Å². The molecule has 3 aliphatic rings. The van der Waals surface area contributed by atoms with Crippen LogP contribution in [0.25, 0.3) is 10.8 Å². The van der Waals surface area contributed by atoms with Crippen molar-refractivity contribution in [2.45, 2.75) is 38.3 Å². The molecule has 11 heteroatoms. The number of hydrogen-bond acceptors (Lipinski definition) is 8. The zero-order chi connectivity index (χ0) is 29.2. The molecule has 0 aliphatic carbocycles. The fourth-order valence-corrected chi connectivity index (χ4v) is 6.22. The number of benzene rings is 2. The normalized spacial score (nSPS) is 18.5. The molecule has 0 unspecified atom stereocenters. The van der Waals surface area contributed by atoms with Crippen molar-refractivity contribution >= 4 is 39.8 Å². The third-order valence-corrected chi connectivity index (χ3v) is 8.31. The highest BCUT2D eigenvalue weighted by Gasteiger charge is 2.31. The molecule has 1 fully saturated rings. The lowest BCUT2D eigenvalue weighted by Crippen LogP contribution is -2.43. The molecule has 6 rings (SSSR count). The van der Waals surface area contributed by atoms with Crippen LogP contribution in [-0.4, -0.2) is 59.6 Å². The van der Waals surface area contributed by atoms with E-state index in [1.165, 1.54) is 4.90 Å². The highest BCUT2D eigenvalue weighted by molar-refractivity contribution is 6.36. The summed E-state index contributed by atoms with van der Waals surface area (Å²) < 4.78 is 19.9. The molecule has 2 aromatic carbocycles. The third kappa shape index (κ3) is 5.50. The second kappa shape index (κ2) is 12.0. The van der Waals surface area contributed by atoms with Crippen LogP contribution in [0.2, 0.25) is 5.02 Å². The van der Waals surface area contributed by atoms with Crippen molar-refractivity contribution in [2.24, 2.45) is 0 Å². The average molecular weight is 588 g/mol. The molecule has 3 aliphatic heterocycles. The van der Waals surface area contributed by atoms with Crippen LogP contribution in [0.4, 0.5) is 15.9 Å². The molecule has 0 bridgehead atoms. The first kappa shape index (κ1) is 27.9. The third-order valence-electron chi connectivity index (χ3n) is 8.00. The zero-order valence-electron chi connectivity index (χ0n) is 23.2. The molecule has 1 atom stereocenters. The number of halogens is 2. The van der Waals surface area contributed by atoms with Gasteiger partial charge in [0.2, 0.25) is 0 Å². The van der Waals surface area contributed by atoms with Gasteiger partial charge in [0, 0.05) is 48.5 Å². The van der Waals surface area contributed by atoms with Crippen molar-refractivity contribution in [1.82, 2.24) is 20.2 Å². The Kier molecular flexibility index (Phi) is 7.96. The molecule has 0 radical (unpaired) electrons. The van der Waals surface area contributed by atoms with Gasteiger partial charge >= 0.3 is 6.01 Å². The molecule has 1 aromatic heterocycles. The maximum Gasteiger partial charge on any atom is 0.318 e. The van der Waals surface area contributed by atoms with E-state index in [-0.39, 0.29) is 25.0 Å². The Balaban J connectivity index is 1.37. The number of hydrogen-bond donors (Lipinski definition) is 1. The van der Waals surface area contributed by atoms with Crippen molar-refractivity contribution in [2.75, 3.05) is 42.6 Å². The number of carbonyl (C=O) groups is 1. The lowest BCUT2D eigenvalue weighted by molar-refractivity contribution is -0.126. The average Bonchev–Trinajstić information content (AvgIpc) is 3.53. The Bertz CT molecular complexity index is 1610. The standard InChI is InChI=1S/C31H31ClFN7O2/c1-20(33)30(41)40-16-15-39(17-23(40)10-12-34)29-24-11-14-38(27-9-3-6-21-5-2-8-25(32)28(21)27)18-26(24)36-31(37-29)42-19-22-7-4-13-35-22/h2-3,5-6,8-9,17,22,35H,1,4,7,10-11,13-16,18-19H2/t22-/m0/s1. The summed E-state index contributed by atoms with van der Waals surface area (Å²) in [5.41, 5.74) is 3.25. The van der Waals surface area contributed by atoms with E-state index in [2.05, 4.69) is 41.1 Å². The van der Waals surface area contributed by atoms with Crippen LogP contribution in [-0.2, 0) is 17.8 Å². The monoisotopic (exact) mass is 587 g/mol. The first-order valence-electron chi connectivity index (χ1n) is 14.1. The Morgan fingerprint density at radius 2 is 2.05 bits per heavy atom. The van der Waals surface area contributed by atoms with Gasteiger partial charge in [0.25, 0.3) is 5.91 Å². The number of aromatic nitrogens is 2. The summed E-state index contributed by atoms with van der Waals surface area (Å²) in [5, 5.41) is 15.6. The summed E-state index contributed by atoms with van der Waals surface area (Å²) in [4.78, 5) is 27.6. The number of anilines is 2. The molecule has 3 aromatic rings. The van der Waals surface area contributed by atoms with Gasteiger partial charge in [-0.15, -0.1) is 0 Å². The molecular formula is C31H31ClFN7O2. The number of ether oxygens (including phenoxy) is 1. The second-order valence-electron chi connectivity index (χ2n) is 10.7. The van der Waals surface area contributed by atoms with E-state index in [1.807, 2.05) is 23.1 Å². The maximum atomic E-state index is 13.7. The minimum absolute atomic E-state index is 0.0604. The summed E-state index contributed by atoms with van der Waals surface area (Å²) >= 11 is 6.66. The van der Waals surface area contributed by atoms with E-state index >= 15 is 0 Å². The Morgan fingerprint density at radius 3 is 2.81 bits per heavy atom. The first-order chi connectivity index (χ1) is 20.4. The fourth-order valence-electron chi connectivity index (χ4n) is 5.94. The van der Waals surface area contributed by atoms with Crippen molar-refractivity contribution in [3.05, 3.63) is 77.0 Å². The number of nitrogens with one attached hydrogen (secondary N) is 1. The van der Waals surface area contributed by atoms with Gasteiger partial charge in [-0.25, -0.2) is 4.39 Å². The van der Waals surface area contributed by atoms with E-state index in [0.29, 0.717) is 42.7 Å². The number of nitrogens with zero attached hydrogens (tertiary/aromatic N) is 6. The lowest BCUT2D eigenvalue weighted by atomic mass is 10.0. The smallest absolute Gasteiger partial charge is 0.318 e. The number of nitriles is 1. The number of allylic oxidation sites excluding steroid dienone is 1. The van der Waals surface area contributed by atoms with Gasteiger partial charge in [0.1, 0.15) is 12.4 Å². The van der Waals surface area contributed by atoms with E-state index in [1.54, 1.807) is 6.20 Å². The summed E-state index contributed by atoms with van der Waals surface area (Å²) in [6.45, 7) is 6.37. The Labute approximate surface area is 248 Å². The van der Waals surface area contributed by atoms with E-state index in [4.69, 9.17) is 26.3 Å². The van der Waals surface area contributed by atoms with Gasteiger partial charge in [-0.1, -0.05) is 42.4 Å². The van der Waals surface area contributed by atoms with Crippen molar-refractivity contribution in [1.29, 1.82) is 5.26 Å². The molecule has 216 valence electrons. The largest absolute Gasteiger partial charge is 0.462 e. The summed E-state index contributed by atoms with van der Waals surface area (Å²) in [6.07, 6.45) is 4.44. The zero-order valence-corrected chi connectivity index (χ0v) is 23.9. The van der Waals surface area contributed by atoms with Gasteiger partial charge in [0.05, 0.1) is 35.4 Å². The molecule has 1 N–H and O–H groups in total. The lowest BCUT2D eigenvalue weighted by Gasteiger charge is -2.36. The minimum Gasteiger partial charge on any atom is -0.462 e. The summed E-state index contributed by atoms with van der Waals surface area (Å²) in [6, 6.07) is 14.7. The molecule has 4 heterocycles. The minimum atomic E-state index is -1.06. The van der Waals surface area contributed by atoms with Gasteiger partial charge in [0.15, 0.2) is 5.83 Å². The number of amides is 1. The topological polar surface area (TPSA) is 97.6 Å². The Morgan fingerprint density at radius 1 is 1.21 bits per heavy atom. The van der Waals surface area contributed by atoms with Crippen molar-refractivity contribution in [3.8, 4) is 12.1 Å². The molecule has 9 nitrogen and oxygen atoms in total. The van der Waals surface area contributed by atoms with Crippen LogP contribution >= 0.6 is 11.6 Å². The van der Waals surface area contributed by atoms with Gasteiger partial charge in [-0.2, -0.15) is 15.2 Å². The second-order valence-corrected chi connectivity index (χ2v) is 11.1. The summed E-state index contributed by atoms with van der Waals surface area (Å²) in [5.74, 6) is -1.22. The molecule has 1 saturated heterocycles. The quantitative estimate of drug-likeness (QED) is 0.391. The maximum absolute atomic E-state index is 13.7. The molecule has 1 amide bonds. The Hall–Kier alpha value is -4.20. The fraction of sp³-hybridized carbons (Fsp3) is 0.355. The van der Waals surface area contributed by atoms with E-state index < -0.39 is 11.7 Å².